The van der Waals surface area contributed by atoms with Gasteiger partial charge in [0.05, 0.1) is 32.1 Å². The van der Waals surface area contributed by atoms with Crippen LogP contribution in [0.4, 0.5) is 42.9 Å². The predicted octanol–water partition coefficient (Wildman–Crippen LogP) is 17.8. The Balaban J connectivity index is 1.25. The number of fused-ring (bicyclic) bond motifs is 6. The number of nitrogens with zero attached hydrogens (tertiary/aromatic N) is 2. The molecule has 10 aromatic carbocycles. The molecule has 0 saturated heterocycles. The summed E-state index contributed by atoms with van der Waals surface area (Å²) in [6.07, 6.45) is 0. The minimum Gasteiger partial charge on any atom is -0.308 e. The second kappa shape index (κ2) is 13.8. The van der Waals surface area contributed by atoms with Gasteiger partial charge in [-0.1, -0.05) is 118 Å². The van der Waals surface area contributed by atoms with Crippen molar-refractivity contribution in [3.63, 3.8) is 0 Å². The zero-order valence-electron chi connectivity index (χ0n) is 34.2. The lowest BCUT2D eigenvalue weighted by molar-refractivity contribution is 0.591. The molecule has 298 valence electrons. The van der Waals surface area contributed by atoms with E-state index in [1.165, 1.54) is 52.7 Å². The summed E-state index contributed by atoms with van der Waals surface area (Å²) in [4.78, 5) is 4.63. The highest BCUT2D eigenvalue weighted by Gasteiger charge is 2.28. The standard InChI is InChI=1S/C56H38F2N2S2/c1-56(2,3)35-30-33-18-28-44-48(59(38-24-20-36(57)21-25-38)46-14-8-12-42-40-10-4-6-16-50(40)61-54(42)46)32-49(45-29-19-34(31-35)52(33)53(44)45)60(39-26-22-37(58)23-27-39)47-15-9-13-43-41-11-5-7-17-51(41)62-55(43)47/h4-32H,1-3H3. The van der Waals surface area contributed by atoms with E-state index in [4.69, 9.17) is 0 Å². The van der Waals surface area contributed by atoms with E-state index in [1.54, 1.807) is 46.9 Å². The van der Waals surface area contributed by atoms with Crippen molar-refractivity contribution in [2.75, 3.05) is 9.80 Å². The van der Waals surface area contributed by atoms with Crippen LogP contribution in [0.3, 0.4) is 0 Å². The Kier molecular flexibility index (Phi) is 8.24. The molecule has 0 bridgehead atoms. The maximum Gasteiger partial charge on any atom is 0.123 e. The molecule has 0 aliphatic rings. The first-order valence-electron chi connectivity index (χ1n) is 20.9. The molecule has 0 fully saturated rings. The first-order valence-corrected chi connectivity index (χ1v) is 22.5. The SMILES string of the molecule is CC(C)(C)c1cc2ccc3c(N(c4ccc(F)cc4)c4cccc5c4sc4ccccc45)cc(N(c4ccc(F)cc4)c4cccc5c4sc4ccccc45)c4ccc(c1)c2c34. The maximum absolute atomic E-state index is 14.9. The molecule has 0 N–H and O–H groups in total. The van der Waals surface area contributed by atoms with Crippen LogP contribution in [0.2, 0.25) is 0 Å². The number of halogens is 2. The largest absolute Gasteiger partial charge is 0.308 e. The van der Waals surface area contributed by atoms with Gasteiger partial charge in [0.2, 0.25) is 0 Å². The Morgan fingerprint density at radius 3 is 1.27 bits per heavy atom. The van der Waals surface area contributed by atoms with Crippen molar-refractivity contribution in [3.05, 3.63) is 193 Å². The normalized spacial score (nSPS) is 12.3. The van der Waals surface area contributed by atoms with Gasteiger partial charge in [0.15, 0.2) is 0 Å². The van der Waals surface area contributed by atoms with Crippen molar-refractivity contribution >= 4 is 129 Å². The molecule has 0 spiro atoms. The van der Waals surface area contributed by atoms with Gasteiger partial charge in [0.25, 0.3) is 0 Å². The van der Waals surface area contributed by atoms with Crippen LogP contribution in [0, 0.1) is 11.6 Å². The smallest absolute Gasteiger partial charge is 0.123 e. The lowest BCUT2D eigenvalue weighted by Crippen LogP contribution is -2.15. The van der Waals surface area contributed by atoms with Gasteiger partial charge < -0.3 is 9.80 Å². The molecule has 62 heavy (non-hydrogen) atoms. The number of rotatable bonds is 6. The highest BCUT2D eigenvalue weighted by atomic mass is 32.1. The van der Waals surface area contributed by atoms with E-state index in [0.29, 0.717) is 0 Å². The summed E-state index contributed by atoms with van der Waals surface area (Å²) in [5.74, 6) is -0.586. The molecule has 12 rings (SSSR count). The Morgan fingerprint density at radius 2 is 0.823 bits per heavy atom. The summed E-state index contributed by atoms with van der Waals surface area (Å²) >= 11 is 3.55. The third kappa shape index (κ3) is 5.70. The van der Waals surface area contributed by atoms with E-state index < -0.39 is 0 Å². The summed E-state index contributed by atoms with van der Waals surface area (Å²) in [7, 11) is 0. The molecule has 2 heterocycles. The summed E-state index contributed by atoms with van der Waals surface area (Å²) < 4.78 is 34.5. The Morgan fingerprint density at radius 1 is 0.387 bits per heavy atom. The van der Waals surface area contributed by atoms with Crippen LogP contribution < -0.4 is 9.80 Å². The fourth-order valence-corrected chi connectivity index (χ4v) is 11.9. The third-order valence-corrected chi connectivity index (χ3v) is 14.9. The molecule has 6 heteroatoms. The predicted molar refractivity (Wildman–Crippen MR) is 264 cm³/mol. The summed E-state index contributed by atoms with van der Waals surface area (Å²) in [5.41, 5.74) is 6.82. The van der Waals surface area contributed by atoms with Crippen LogP contribution in [-0.4, -0.2) is 0 Å². The second-order valence-corrected chi connectivity index (χ2v) is 19.3. The summed E-state index contributed by atoms with van der Waals surface area (Å²) in [5, 5.41) is 11.6. The minimum absolute atomic E-state index is 0.0502. The van der Waals surface area contributed by atoms with Crippen molar-refractivity contribution in [2.45, 2.75) is 26.2 Å². The molecular formula is C56H38F2N2S2. The Labute approximate surface area is 365 Å². The highest BCUT2D eigenvalue weighted by Crippen LogP contribution is 2.54. The number of hydrogen-bond acceptors (Lipinski definition) is 4. The number of hydrogen-bond donors (Lipinski definition) is 0. The van der Waals surface area contributed by atoms with Crippen molar-refractivity contribution in [1.29, 1.82) is 0 Å². The lowest BCUT2D eigenvalue weighted by atomic mass is 9.83. The summed E-state index contributed by atoms with van der Waals surface area (Å²) in [6.45, 7) is 6.79. The Hall–Kier alpha value is -6.86. The van der Waals surface area contributed by atoms with Gasteiger partial charge in [-0.05, 0) is 106 Å². The molecule has 0 atom stereocenters. The van der Waals surface area contributed by atoms with Gasteiger partial charge in [-0.25, -0.2) is 8.78 Å². The number of benzene rings is 10. The van der Waals surface area contributed by atoms with Crippen LogP contribution in [0.25, 0.3) is 72.7 Å². The van der Waals surface area contributed by atoms with Crippen molar-refractivity contribution in [1.82, 2.24) is 0 Å². The topological polar surface area (TPSA) is 6.48 Å². The molecule has 0 unspecified atom stereocenters. The van der Waals surface area contributed by atoms with Gasteiger partial charge in [0.1, 0.15) is 11.6 Å². The number of anilines is 6. The molecule has 2 nitrogen and oxygen atoms in total. The maximum atomic E-state index is 14.9. The van der Waals surface area contributed by atoms with Gasteiger partial charge in [-0.2, -0.15) is 0 Å². The zero-order chi connectivity index (χ0) is 41.9. The first kappa shape index (κ1) is 36.9. The monoisotopic (exact) mass is 840 g/mol. The van der Waals surface area contributed by atoms with Crippen molar-refractivity contribution in [2.24, 2.45) is 0 Å². The second-order valence-electron chi connectivity index (χ2n) is 17.2. The highest BCUT2D eigenvalue weighted by molar-refractivity contribution is 7.26. The van der Waals surface area contributed by atoms with Crippen LogP contribution in [0.5, 0.6) is 0 Å². The fraction of sp³-hybridized carbons (Fsp3) is 0.0714. The fourth-order valence-electron chi connectivity index (χ4n) is 9.49. The average Bonchev–Trinajstić information content (AvgIpc) is 3.87. The van der Waals surface area contributed by atoms with Crippen molar-refractivity contribution in [3.8, 4) is 0 Å². The third-order valence-electron chi connectivity index (χ3n) is 12.4. The van der Waals surface area contributed by atoms with E-state index in [1.807, 2.05) is 24.3 Å². The lowest BCUT2D eigenvalue weighted by Gasteiger charge is -2.33. The van der Waals surface area contributed by atoms with E-state index in [9.17, 15) is 8.78 Å². The van der Waals surface area contributed by atoms with Gasteiger partial charge in [0, 0.05) is 58.5 Å². The molecule has 0 amide bonds. The van der Waals surface area contributed by atoms with Crippen LogP contribution in [0.1, 0.15) is 26.3 Å². The molecule has 2 aromatic heterocycles. The minimum atomic E-state index is -0.293. The van der Waals surface area contributed by atoms with Gasteiger partial charge >= 0.3 is 0 Å². The summed E-state index contributed by atoms with van der Waals surface area (Å²) in [6, 6.07) is 59.9. The van der Waals surface area contributed by atoms with Crippen LogP contribution in [0.15, 0.2) is 176 Å². The van der Waals surface area contributed by atoms with E-state index in [2.05, 4.69) is 158 Å². The zero-order valence-corrected chi connectivity index (χ0v) is 35.8. The molecule has 0 aliphatic heterocycles. The van der Waals surface area contributed by atoms with E-state index >= 15 is 0 Å². The van der Waals surface area contributed by atoms with Gasteiger partial charge in [-0.15, -0.1) is 22.7 Å². The average molecular weight is 841 g/mol. The first-order chi connectivity index (χ1) is 30.2. The number of thiophene rings is 2. The van der Waals surface area contributed by atoms with Crippen LogP contribution >= 0.6 is 22.7 Å². The van der Waals surface area contributed by atoms with Crippen LogP contribution in [-0.2, 0) is 5.41 Å². The molecule has 0 radical (unpaired) electrons. The molecular weight excluding hydrogens is 803 g/mol. The molecule has 0 aliphatic carbocycles. The van der Waals surface area contributed by atoms with E-state index in [0.717, 1.165) is 59.7 Å². The molecule has 0 saturated carbocycles. The quantitative estimate of drug-likeness (QED) is 0.154. The van der Waals surface area contributed by atoms with Crippen molar-refractivity contribution < 1.29 is 8.78 Å². The van der Waals surface area contributed by atoms with Gasteiger partial charge in [-0.3, -0.25) is 0 Å². The van der Waals surface area contributed by atoms with E-state index in [-0.39, 0.29) is 17.0 Å². The molecule has 12 aromatic rings. The Bertz CT molecular complexity index is 3480.